The zero-order valence-electron chi connectivity index (χ0n) is 10.8. The van der Waals surface area contributed by atoms with Gasteiger partial charge >= 0.3 is 0 Å². The zero-order chi connectivity index (χ0) is 13.1. The van der Waals surface area contributed by atoms with Gasteiger partial charge in [-0.05, 0) is 38.7 Å². The molecule has 1 aromatic rings. The number of anilines is 1. The van der Waals surface area contributed by atoms with Crippen molar-refractivity contribution >= 4 is 11.5 Å². The van der Waals surface area contributed by atoms with Crippen LogP contribution >= 0.6 is 0 Å². The van der Waals surface area contributed by atoms with Crippen LogP contribution in [0.3, 0.4) is 0 Å². The van der Waals surface area contributed by atoms with Gasteiger partial charge in [-0.25, -0.2) is 4.98 Å². The predicted molar refractivity (Wildman–Crippen MR) is 70.7 cm³/mol. The van der Waals surface area contributed by atoms with E-state index < -0.39 is 4.92 Å². The summed E-state index contributed by atoms with van der Waals surface area (Å²) in [5.74, 6) is 1.65. The lowest BCUT2D eigenvalue weighted by Gasteiger charge is -2.14. The molecule has 0 saturated heterocycles. The topological polar surface area (TPSA) is 68.1 Å². The normalized spacial score (nSPS) is 16.3. The van der Waals surface area contributed by atoms with Crippen molar-refractivity contribution in [2.75, 3.05) is 5.32 Å². The Kier molecular flexibility index (Phi) is 3.79. The first-order valence-electron chi connectivity index (χ1n) is 6.45. The molecule has 2 rings (SSSR count). The molecular weight excluding hydrogens is 230 g/mol. The van der Waals surface area contributed by atoms with E-state index in [0.717, 1.165) is 18.2 Å². The first-order valence-corrected chi connectivity index (χ1v) is 6.45. The summed E-state index contributed by atoms with van der Waals surface area (Å²) in [7, 11) is 0. The molecule has 1 aromatic heterocycles. The van der Waals surface area contributed by atoms with Crippen LogP contribution in [0.4, 0.5) is 11.5 Å². The van der Waals surface area contributed by atoms with Gasteiger partial charge in [-0.2, -0.15) is 0 Å². The van der Waals surface area contributed by atoms with E-state index in [1.165, 1.54) is 25.3 Å². The highest BCUT2D eigenvalue weighted by Gasteiger charge is 2.21. The number of hydrogen-bond acceptors (Lipinski definition) is 4. The largest absolute Gasteiger partial charge is 0.368 e. The molecule has 1 unspecified atom stereocenters. The van der Waals surface area contributed by atoms with E-state index in [0.29, 0.717) is 11.7 Å². The fourth-order valence-electron chi connectivity index (χ4n) is 2.04. The molecule has 0 spiro atoms. The quantitative estimate of drug-likeness (QED) is 0.620. The smallest absolute Gasteiger partial charge is 0.290 e. The minimum Gasteiger partial charge on any atom is -0.368 e. The van der Waals surface area contributed by atoms with Crippen LogP contribution in [0.25, 0.3) is 0 Å². The Bertz CT molecular complexity index is 444. The molecule has 1 atom stereocenters. The second kappa shape index (κ2) is 5.33. The van der Waals surface area contributed by atoms with Crippen LogP contribution in [0.2, 0.25) is 0 Å². The molecule has 0 aliphatic heterocycles. The van der Waals surface area contributed by atoms with Gasteiger partial charge in [0.2, 0.25) is 0 Å². The van der Waals surface area contributed by atoms with E-state index in [4.69, 9.17) is 0 Å². The number of aryl methyl sites for hydroxylation is 1. The maximum absolute atomic E-state index is 10.7. The van der Waals surface area contributed by atoms with Crippen molar-refractivity contribution in [2.24, 2.45) is 5.92 Å². The monoisotopic (exact) mass is 249 g/mol. The third kappa shape index (κ3) is 3.42. The Morgan fingerprint density at radius 3 is 2.83 bits per heavy atom. The molecule has 5 heteroatoms. The van der Waals surface area contributed by atoms with Gasteiger partial charge in [0.05, 0.1) is 4.92 Å². The number of pyridine rings is 1. The summed E-state index contributed by atoms with van der Waals surface area (Å²) in [5, 5.41) is 14.0. The fourth-order valence-corrected chi connectivity index (χ4v) is 2.04. The van der Waals surface area contributed by atoms with Gasteiger partial charge in [-0.1, -0.05) is 12.8 Å². The van der Waals surface area contributed by atoms with Gasteiger partial charge in [0.1, 0.15) is 11.5 Å². The summed E-state index contributed by atoms with van der Waals surface area (Å²) in [6.07, 6.45) is 5.14. The molecule has 1 fully saturated rings. The summed E-state index contributed by atoms with van der Waals surface area (Å²) in [5.41, 5.74) is 0.533. The van der Waals surface area contributed by atoms with Crippen LogP contribution in [0, 0.1) is 23.0 Å². The molecule has 1 aliphatic carbocycles. The zero-order valence-corrected chi connectivity index (χ0v) is 10.8. The minimum absolute atomic E-state index is 0.0752. The van der Waals surface area contributed by atoms with Crippen molar-refractivity contribution in [3.05, 3.63) is 27.9 Å². The van der Waals surface area contributed by atoms with Crippen molar-refractivity contribution in [2.45, 2.75) is 45.6 Å². The Labute approximate surface area is 107 Å². The molecule has 1 saturated carbocycles. The molecule has 0 bridgehead atoms. The maximum atomic E-state index is 10.7. The summed E-state index contributed by atoms with van der Waals surface area (Å²) >= 11 is 0. The molecule has 1 heterocycles. The Morgan fingerprint density at radius 2 is 2.28 bits per heavy atom. The second-order valence-electron chi connectivity index (χ2n) is 5.12. The van der Waals surface area contributed by atoms with E-state index >= 15 is 0 Å². The average molecular weight is 249 g/mol. The van der Waals surface area contributed by atoms with Gasteiger partial charge in [0.15, 0.2) is 0 Å². The van der Waals surface area contributed by atoms with Crippen LogP contribution in [0.15, 0.2) is 12.1 Å². The SMILES string of the molecule is Cc1nc(NC(C)CCC2CC2)ccc1[N+](=O)[O-]. The molecule has 98 valence electrons. The lowest BCUT2D eigenvalue weighted by atomic mass is 10.1. The Balaban J connectivity index is 1.91. The van der Waals surface area contributed by atoms with E-state index in [1.54, 1.807) is 13.0 Å². The highest BCUT2D eigenvalue weighted by Crippen LogP contribution is 2.34. The summed E-state index contributed by atoms with van der Waals surface area (Å²) in [6, 6.07) is 3.55. The maximum Gasteiger partial charge on any atom is 0.290 e. The molecular formula is C13H19N3O2. The van der Waals surface area contributed by atoms with E-state index in [2.05, 4.69) is 17.2 Å². The van der Waals surface area contributed by atoms with Gasteiger partial charge in [0.25, 0.3) is 5.69 Å². The predicted octanol–water partition coefficient (Wildman–Crippen LogP) is 3.29. The van der Waals surface area contributed by atoms with Gasteiger partial charge in [0, 0.05) is 12.1 Å². The summed E-state index contributed by atoms with van der Waals surface area (Å²) in [6.45, 7) is 3.79. The molecule has 0 aromatic carbocycles. The molecule has 18 heavy (non-hydrogen) atoms. The van der Waals surface area contributed by atoms with E-state index in [-0.39, 0.29) is 5.69 Å². The van der Waals surface area contributed by atoms with Gasteiger partial charge in [-0.3, -0.25) is 10.1 Å². The fraction of sp³-hybridized carbons (Fsp3) is 0.615. The minimum atomic E-state index is -0.400. The molecule has 1 N–H and O–H groups in total. The van der Waals surface area contributed by atoms with Crippen LogP contribution in [-0.4, -0.2) is 15.9 Å². The molecule has 1 aliphatic rings. The second-order valence-corrected chi connectivity index (χ2v) is 5.12. The first kappa shape index (κ1) is 12.8. The lowest BCUT2D eigenvalue weighted by Crippen LogP contribution is -2.16. The van der Waals surface area contributed by atoms with E-state index in [9.17, 15) is 10.1 Å². The molecule has 0 radical (unpaired) electrons. The molecule has 5 nitrogen and oxygen atoms in total. The summed E-state index contributed by atoms with van der Waals surface area (Å²) in [4.78, 5) is 14.5. The lowest BCUT2D eigenvalue weighted by molar-refractivity contribution is -0.385. The number of rotatable bonds is 6. The van der Waals surface area contributed by atoms with Crippen LogP contribution < -0.4 is 5.32 Å². The third-order valence-electron chi connectivity index (χ3n) is 3.35. The third-order valence-corrected chi connectivity index (χ3v) is 3.35. The number of nitro groups is 1. The number of nitrogens with one attached hydrogen (secondary N) is 1. The number of hydrogen-bond donors (Lipinski definition) is 1. The van der Waals surface area contributed by atoms with Crippen LogP contribution in [0.5, 0.6) is 0 Å². The average Bonchev–Trinajstić information content (AvgIpc) is 3.09. The van der Waals surface area contributed by atoms with Crippen molar-refractivity contribution in [3.63, 3.8) is 0 Å². The number of aromatic nitrogens is 1. The van der Waals surface area contributed by atoms with Crippen LogP contribution in [-0.2, 0) is 0 Å². The van der Waals surface area contributed by atoms with E-state index in [1.807, 2.05) is 0 Å². The van der Waals surface area contributed by atoms with Gasteiger partial charge in [-0.15, -0.1) is 0 Å². The Morgan fingerprint density at radius 1 is 1.56 bits per heavy atom. The highest BCUT2D eigenvalue weighted by atomic mass is 16.6. The van der Waals surface area contributed by atoms with Crippen molar-refractivity contribution in [3.8, 4) is 0 Å². The standard InChI is InChI=1S/C13H19N3O2/c1-9(3-4-11-5-6-11)14-13-8-7-12(16(17)18)10(2)15-13/h7-9,11H,3-6H2,1-2H3,(H,14,15). The van der Waals surface area contributed by atoms with Crippen molar-refractivity contribution in [1.82, 2.24) is 4.98 Å². The van der Waals surface area contributed by atoms with Crippen molar-refractivity contribution < 1.29 is 4.92 Å². The van der Waals surface area contributed by atoms with Gasteiger partial charge < -0.3 is 5.32 Å². The molecule has 0 amide bonds. The Hall–Kier alpha value is -1.65. The highest BCUT2D eigenvalue weighted by molar-refractivity contribution is 5.45. The first-order chi connectivity index (χ1) is 8.56. The number of nitrogens with zero attached hydrogens (tertiary/aromatic N) is 2. The van der Waals surface area contributed by atoms with Crippen LogP contribution in [0.1, 0.15) is 38.3 Å². The summed E-state index contributed by atoms with van der Waals surface area (Å²) < 4.78 is 0. The van der Waals surface area contributed by atoms with Crippen molar-refractivity contribution in [1.29, 1.82) is 0 Å².